The number of halogens is 1. The number of aromatic nitrogens is 2. The molecule has 1 heterocycles. The Morgan fingerprint density at radius 2 is 2.18 bits per heavy atom. The van der Waals surface area contributed by atoms with Crippen LogP contribution < -0.4 is 5.73 Å². The van der Waals surface area contributed by atoms with Crippen LogP contribution >= 0.6 is 11.6 Å². The first-order valence-corrected chi connectivity index (χ1v) is 6.10. The van der Waals surface area contributed by atoms with Gasteiger partial charge in [0.25, 0.3) is 0 Å². The van der Waals surface area contributed by atoms with E-state index < -0.39 is 0 Å². The second-order valence-electron chi connectivity index (χ2n) is 4.08. The molecule has 0 saturated carbocycles. The Hall–Kier alpha value is -1.32. The highest BCUT2D eigenvalue weighted by molar-refractivity contribution is 6.33. The number of nitrogens with two attached hydrogens (primary N) is 1. The van der Waals surface area contributed by atoms with E-state index in [1.165, 1.54) is 0 Å². The fourth-order valence-electron chi connectivity index (χ4n) is 1.74. The van der Waals surface area contributed by atoms with Gasteiger partial charge in [-0.1, -0.05) is 36.7 Å². The standard InChI is InChI=1S/C13H16ClN3/c1-2-10(15)8-17-9-16-7-13(17)11-5-3-4-6-12(11)14/h3-7,9-10H,2,8,15H2,1H3. The monoisotopic (exact) mass is 249 g/mol. The Morgan fingerprint density at radius 3 is 2.88 bits per heavy atom. The highest BCUT2D eigenvalue weighted by Gasteiger charge is 2.10. The normalized spacial score (nSPS) is 12.6. The molecule has 90 valence electrons. The number of nitrogens with zero attached hydrogens (tertiary/aromatic N) is 2. The van der Waals surface area contributed by atoms with Crippen molar-refractivity contribution in [2.75, 3.05) is 0 Å². The van der Waals surface area contributed by atoms with Crippen molar-refractivity contribution in [2.45, 2.75) is 25.9 Å². The van der Waals surface area contributed by atoms with E-state index in [0.717, 1.165) is 29.2 Å². The van der Waals surface area contributed by atoms with Crippen molar-refractivity contribution in [3.63, 3.8) is 0 Å². The molecular weight excluding hydrogens is 234 g/mol. The van der Waals surface area contributed by atoms with Crippen LogP contribution in [0.1, 0.15) is 13.3 Å². The fraction of sp³-hybridized carbons (Fsp3) is 0.308. The Kier molecular flexibility index (Phi) is 3.82. The average Bonchev–Trinajstić information content (AvgIpc) is 2.77. The zero-order valence-electron chi connectivity index (χ0n) is 9.81. The molecule has 1 aromatic heterocycles. The van der Waals surface area contributed by atoms with Gasteiger partial charge >= 0.3 is 0 Å². The van der Waals surface area contributed by atoms with E-state index in [1.54, 1.807) is 6.33 Å². The molecule has 1 aromatic carbocycles. The molecule has 0 spiro atoms. The lowest BCUT2D eigenvalue weighted by Crippen LogP contribution is -2.25. The maximum atomic E-state index is 6.19. The number of rotatable bonds is 4. The van der Waals surface area contributed by atoms with Gasteiger partial charge < -0.3 is 10.3 Å². The molecule has 1 atom stereocenters. The van der Waals surface area contributed by atoms with Gasteiger partial charge in [-0.15, -0.1) is 0 Å². The van der Waals surface area contributed by atoms with Crippen molar-refractivity contribution in [3.8, 4) is 11.3 Å². The summed E-state index contributed by atoms with van der Waals surface area (Å²) in [7, 11) is 0. The smallest absolute Gasteiger partial charge is 0.0951 e. The number of hydrogen-bond acceptors (Lipinski definition) is 2. The van der Waals surface area contributed by atoms with Crippen LogP contribution in [-0.2, 0) is 6.54 Å². The maximum Gasteiger partial charge on any atom is 0.0951 e. The Labute approximate surface area is 106 Å². The molecule has 0 amide bonds. The molecule has 0 radical (unpaired) electrons. The Bertz CT molecular complexity index is 493. The highest BCUT2D eigenvalue weighted by atomic mass is 35.5. The van der Waals surface area contributed by atoms with Gasteiger partial charge in [-0.25, -0.2) is 4.98 Å². The van der Waals surface area contributed by atoms with E-state index >= 15 is 0 Å². The SMILES string of the molecule is CCC(N)Cn1cncc1-c1ccccc1Cl. The first-order valence-electron chi connectivity index (χ1n) is 5.73. The van der Waals surface area contributed by atoms with Gasteiger partial charge in [-0.3, -0.25) is 0 Å². The first kappa shape index (κ1) is 12.1. The summed E-state index contributed by atoms with van der Waals surface area (Å²) in [5, 5.41) is 0.735. The summed E-state index contributed by atoms with van der Waals surface area (Å²) in [4.78, 5) is 4.18. The third-order valence-corrected chi connectivity index (χ3v) is 3.15. The van der Waals surface area contributed by atoms with Gasteiger partial charge in [-0.05, 0) is 12.5 Å². The van der Waals surface area contributed by atoms with Crippen LogP contribution in [-0.4, -0.2) is 15.6 Å². The minimum absolute atomic E-state index is 0.144. The summed E-state index contributed by atoms with van der Waals surface area (Å²) in [5.74, 6) is 0. The highest BCUT2D eigenvalue weighted by Crippen LogP contribution is 2.27. The number of hydrogen-bond donors (Lipinski definition) is 1. The second-order valence-corrected chi connectivity index (χ2v) is 4.49. The minimum Gasteiger partial charge on any atom is -0.329 e. The van der Waals surface area contributed by atoms with Crippen LogP contribution in [0.4, 0.5) is 0 Å². The van der Waals surface area contributed by atoms with E-state index in [9.17, 15) is 0 Å². The van der Waals surface area contributed by atoms with Crippen LogP contribution in [0.25, 0.3) is 11.3 Å². The summed E-state index contributed by atoms with van der Waals surface area (Å²) in [6, 6.07) is 7.91. The van der Waals surface area contributed by atoms with Crippen molar-refractivity contribution >= 4 is 11.6 Å². The van der Waals surface area contributed by atoms with Crippen molar-refractivity contribution in [1.82, 2.24) is 9.55 Å². The zero-order chi connectivity index (χ0) is 12.3. The second kappa shape index (κ2) is 5.34. The Balaban J connectivity index is 2.34. The summed E-state index contributed by atoms with van der Waals surface area (Å²) in [6.45, 7) is 2.84. The van der Waals surface area contributed by atoms with Gasteiger partial charge in [0.2, 0.25) is 0 Å². The molecule has 0 fully saturated rings. The number of imidazole rings is 1. The minimum atomic E-state index is 0.144. The summed E-state index contributed by atoms with van der Waals surface area (Å²) in [5.41, 5.74) is 7.98. The molecule has 2 aromatic rings. The van der Waals surface area contributed by atoms with Crippen LogP contribution in [0.3, 0.4) is 0 Å². The molecule has 0 aliphatic rings. The quantitative estimate of drug-likeness (QED) is 0.906. The van der Waals surface area contributed by atoms with Crippen LogP contribution in [0, 0.1) is 0 Å². The van der Waals surface area contributed by atoms with E-state index in [0.29, 0.717) is 0 Å². The maximum absolute atomic E-state index is 6.19. The average molecular weight is 250 g/mol. The molecule has 0 aliphatic carbocycles. The molecule has 3 nitrogen and oxygen atoms in total. The molecule has 1 unspecified atom stereocenters. The lowest BCUT2D eigenvalue weighted by Gasteiger charge is -2.13. The van der Waals surface area contributed by atoms with E-state index in [-0.39, 0.29) is 6.04 Å². The van der Waals surface area contributed by atoms with E-state index in [4.69, 9.17) is 17.3 Å². The molecule has 2 N–H and O–H groups in total. The van der Waals surface area contributed by atoms with Crippen molar-refractivity contribution in [3.05, 3.63) is 41.8 Å². The third kappa shape index (κ3) is 2.68. The number of benzene rings is 1. The third-order valence-electron chi connectivity index (χ3n) is 2.82. The van der Waals surface area contributed by atoms with Crippen molar-refractivity contribution in [1.29, 1.82) is 0 Å². The van der Waals surface area contributed by atoms with Gasteiger partial charge in [0.05, 0.1) is 18.2 Å². The molecule has 17 heavy (non-hydrogen) atoms. The van der Waals surface area contributed by atoms with Gasteiger partial charge in [0, 0.05) is 23.2 Å². The predicted molar refractivity (Wildman–Crippen MR) is 70.9 cm³/mol. The first-order chi connectivity index (χ1) is 8.22. The topological polar surface area (TPSA) is 43.8 Å². The van der Waals surface area contributed by atoms with E-state index in [1.807, 2.05) is 30.5 Å². The molecule has 4 heteroatoms. The molecule has 0 aliphatic heterocycles. The van der Waals surface area contributed by atoms with E-state index in [2.05, 4.69) is 16.5 Å². The zero-order valence-corrected chi connectivity index (χ0v) is 10.6. The van der Waals surface area contributed by atoms with Crippen molar-refractivity contribution in [2.24, 2.45) is 5.73 Å². The predicted octanol–water partition coefficient (Wildman–Crippen LogP) is 2.94. The van der Waals surface area contributed by atoms with Gasteiger partial charge in [0.15, 0.2) is 0 Å². The molecule has 2 rings (SSSR count). The summed E-state index contributed by atoms with van der Waals surface area (Å²) in [6.07, 6.45) is 4.57. The summed E-state index contributed by atoms with van der Waals surface area (Å²) >= 11 is 6.19. The van der Waals surface area contributed by atoms with Gasteiger partial charge in [-0.2, -0.15) is 0 Å². The van der Waals surface area contributed by atoms with Gasteiger partial charge in [0.1, 0.15) is 0 Å². The molecular formula is C13H16ClN3. The van der Waals surface area contributed by atoms with Crippen LogP contribution in [0.15, 0.2) is 36.8 Å². The van der Waals surface area contributed by atoms with Crippen LogP contribution in [0.2, 0.25) is 5.02 Å². The largest absolute Gasteiger partial charge is 0.329 e. The van der Waals surface area contributed by atoms with Crippen LogP contribution in [0.5, 0.6) is 0 Å². The molecule has 0 saturated heterocycles. The van der Waals surface area contributed by atoms with Crippen molar-refractivity contribution < 1.29 is 0 Å². The fourth-order valence-corrected chi connectivity index (χ4v) is 1.97. The summed E-state index contributed by atoms with van der Waals surface area (Å²) < 4.78 is 2.05. The lowest BCUT2D eigenvalue weighted by molar-refractivity contribution is 0.542. The lowest BCUT2D eigenvalue weighted by atomic mass is 10.1. The molecule has 0 bridgehead atoms. The Morgan fingerprint density at radius 1 is 1.41 bits per heavy atom.